The molecule has 0 aliphatic heterocycles. The zero-order valence-corrected chi connectivity index (χ0v) is 16.3. The lowest BCUT2D eigenvalue weighted by Gasteiger charge is -2.57. The Morgan fingerprint density at radius 1 is 1.15 bits per heavy atom. The molecule has 0 bridgehead atoms. The quantitative estimate of drug-likeness (QED) is 0.691. The molecular weight excluding hydrogens is 352 g/mol. The third kappa shape index (κ3) is 2.56. The Morgan fingerprint density at radius 3 is 2.58 bits per heavy atom. The molecule has 3 saturated carbocycles. The van der Waals surface area contributed by atoms with E-state index >= 15 is 0 Å². The van der Waals surface area contributed by atoms with Crippen molar-refractivity contribution in [1.29, 1.82) is 0 Å². The van der Waals surface area contributed by atoms with Crippen LogP contribution in [-0.2, 0) is 23.9 Å². The number of carbonyl (C=O) groups is 2. The summed E-state index contributed by atoms with van der Waals surface area (Å²) in [5.41, 5.74) is 0.103. The van der Waals surface area contributed by atoms with Gasteiger partial charge in [-0.25, -0.2) is 0 Å². The first-order valence-corrected chi connectivity index (χ1v) is 11.2. The summed E-state index contributed by atoms with van der Waals surface area (Å²) < 4.78 is 29.2. The number of fused-ring (bicyclic) bond motifs is 5. The van der Waals surface area contributed by atoms with Gasteiger partial charge in [0.1, 0.15) is 5.78 Å². The standard InChI is InChI=1S/C20H26O5S/c1-19-8-6-12(21)10-16(19)17(25-26(3,23)24)11-13-14-4-5-18(22)20(14,2)9-7-15(13)19/h6,8,10,13-15,17H,4-5,7,9,11H2,1-3H3/t13-,14-,15-,17+,19+,20-/m0/s1. The fourth-order valence-electron chi connectivity index (χ4n) is 6.29. The van der Waals surface area contributed by atoms with Crippen LogP contribution in [-0.4, -0.2) is 32.3 Å². The molecule has 0 aromatic carbocycles. The Kier molecular flexibility index (Phi) is 3.91. The molecule has 6 atom stereocenters. The maximum Gasteiger partial charge on any atom is 0.264 e. The van der Waals surface area contributed by atoms with E-state index in [-0.39, 0.29) is 28.4 Å². The highest BCUT2D eigenvalue weighted by Crippen LogP contribution is 2.63. The van der Waals surface area contributed by atoms with Crippen molar-refractivity contribution in [2.75, 3.05) is 6.26 Å². The van der Waals surface area contributed by atoms with Gasteiger partial charge in [-0.2, -0.15) is 8.42 Å². The zero-order chi connectivity index (χ0) is 18.9. The van der Waals surface area contributed by atoms with Crippen molar-refractivity contribution in [3.63, 3.8) is 0 Å². The zero-order valence-electron chi connectivity index (χ0n) is 15.5. The first-order chi connectivity index (χ1) is 12.0. The van der Waals surface area contributed by atoms with Gasteiger partial charge in [0, 0.05) is 17.3 Å². The van der Waals surface area contributed by atoms with Crippen LogP contribution in [0.2, 0.25) is 0 Å². The lowest BCUT2D eigenvalue weighted by molar-refractivity contribution is -0.132. The minimum absolute atomic E-state index is 0.116. The van der Waals surface area contributed by atoms with Crippen LogP contribution in [0.4, 0.5) is 0 Å². The van der Waals surface area contributed by atoms with Crippen molar-refractivity contribution >= 4 is 21.7 Å². The SMILES string of the molecule is C[C@]12C=CC(=O)C=C1[C@H](OS(C)(=O)=O)C[C@@H]1[C@@H]2CC[C@]2(C)C(=O)CC[C@@H]12. The second kappa shape index (κ2) is 5.61. The molecule has 3 fully saturated rings. The van der Waals surface area contributed by atoms with E-state index in [9.17, 15) is 18.0 Å². The molecule has 0 radical (unpaired) electrons. The highest BCUT2D eigenvalue weighted by Gasteiger charge is 2.60. The number of hydrogen-bond donors (Lipinski definition) is 0. The Hall–Kier alpha value is -1.27. The van der Waals surface area contributed by atoms with E-state index in [1.54, 1.807) is 12.2 Å². The van der Waals surface area contributed by atoms with Crippen LogP contribution >= 0.6 is 0 Å². The topological polar surface area (TPSA) is 77.5 Å². The number of ketones is 2. The van der Waals surface area contributed by atoms with Gasteiger partial charge in [-0.1, -0.05) is 19.9 Å². The molecule has 4 aliphatic rings. The van der Waals surface area contributed by atoms with Crippen LogP contribution < -0.4 is 0 Å². The van der Waals surface area contributed by atoms with Gasteiger partial charge in [0.25, 0.3) is 10.1 Å². The molecule has 26 heavy (non-hydrogen) atoms. The molecule has 142 valence electrons. The Bertz CT molecular complexity index is 838. The van der Waals surface area contributed by atoms with E-state index in [2.05, 4.69) is 13.8 Å². The Balaban J connectivity index is 1.78. The summed E-state index contributed by atoms with van der Waals surface area (Å²) in [4.78, 5) is 24.5. The third-order valence-electron chi connectivity index (χ3n) is 7.55. The van der Waals surface area contributed by atoms with E-state index in [0.29, 0.717) is 24.5 Å². The molecule has 6 heteroatoms. The second-order valence-electron chi connectivity index (χ2n) is 8.94. The van der Waals surface area contributed by atoms with Crippen LogP contribution in [0.3, 0.4) is 0 Å². The van der Waals surface area contributed by atoms with E-state index < -0.39 is 16.2 Å². The van der Waals surface area contributed by atoms with Crippen LogP contribution in [0, 0.1) is 28.6 Å². The summed E-state index contributed by atoms with van der Waals surface area (Å²) in [5, 5.41) is 0. The summed E-state index contributed by atoms with van der Waals surface area (Å²) in [7, 11) is -3.65. The molecule has 0 N–H and O–H groups in total. The number of rotatable bonds is 2. The largest absolute Gasteiger partial charge is 0.299 e. The number of allylic oxidation sites excluding steroid dienone is 3. The van der Waals surface area contributed by atoms with E-state index in [4.69, 9.17) is 4.18 Å². The van der Waals surface area contributed by atoms with Gasteiger partial charge in [-0.3, -0.25) is 13.8 Å². The maximum absolute atomic E-state index is 12.5. The molecule has 4 rings (SSSR count). The van der Waals surface area contributed by atoms with Crippen molar-refractivity contribution in [3.05, 3.63) is 23.8 Å². The first kappa shape index (κ1) is 18.1. The first-order valence-electron chi connectivity index (χ1n) is 9.41. The number of hydrogen-bond acceptors (Lipinski definition) is 5. The van der Waals surface area contributed by atoms with Gasteiger partial charge >= 0.3 is 0 Å². The van der Waals surface area contributed by atoms with Crippen molar-refractivity contribution < 1.29 is 22.2 Å². The average molecular weight is 378 g/mol. The van der Waals surface area contributed by atoms with Gasteiger partial charge in [0.05, 0.1) is 12.4 Å². The normalized spacial score (nSPS) is 45.0. The molecule has 0 saturated heterocycles. The van der Waals surface area contributed by atoms with Gasteiger partial charge in [0.15, 0.2) is 5.78 Å². The van der Waals surface area contributed by atoms with Crippen molar-refractivity contribution in [2.24, 2.45) is 28.6 Å². The second-order valence-corrected chi connectivity index (χ2v) is 10.5. The molecule has 0 spiro atoms. The molecule has 0 aromatic heterocycles. The Labute approximate surface area is 155 Å². The highest BCUT2D eigenvalue weighted by atomic mass is 32.2. The van der Waals surface area contributed by atoms with Gasteiger partial charge < -0.3 is 0 Å². The molecule has 0 heterocycles. The predicted octanol–water partition coefficient (Wildman–Crippen LogP) is 2.82. The highest BCUT2D eigenvalue weighted by molar-refractivity contribution is 7.86. The van der Waals surface area contributed by atoms with Crippen LogP contribution in [0.5, 0.6) is 0 Å². The molecule has 0 amide bonds. The van der Waals surface area contributed by atoms with Crippen molar-refractivity contribution in [2.45, 2.75) is 52.1 Å². The third-order valence-corrected chi connectivity index (χ3v) is 8.14. The summed E-state index contributed by atoms with van der Waals surface area (Å²) in [5.74, 6) is 1.04. The van der Waals surface area contributed by atoms with Crippen molar-refractivity contribution in [3.8, 4) is 0 Å². The maximum atomic E-state index is 12.5. The van der Waals surface area contributed by atoms with Gasteiger partial charge in [0.2, 0.25) is 0 Å². The smallest absolute Gasteiger partial charge is 0.264 e. The summed E-state index contributed by atoms with van der Waals surface area (Å²) in [6, 6.07) is 0. The van der Waals surface area contributed by atoms with Crippen LogP contribution in [0.1, 0.15) is 46.0 Å². The Morgan fingerprint density at radius 2 is 1.88 bits per heavy atom. The average Bonchev–Trinajstić information content (AvgIpc) is 2.83. The monoisotopic (exact) mass is 378 g/mol. The molecular formula is C20H26O5S. The lowest BCUT2D eigenvalue weighted by atomic mass is 9.48. The fraction of sp³-hybridized carbons (Fsp3) is 0.700. The molecule has 0 unspecified atom stereocenters. The summed E-state index contributed by atoms with van der Waals surface area (Å²) in [6.07, 6.45) is 9.39. The molecule has 0 aromatic rings. The molecule has 5 nitrogen and oxygen atoms in total. The molecule has 4 aliphatic carbocycles. The van der Waals surface area contributed by atoms with Crippen molar-refractivity contribution in [1.82, 2.24) is 0 Å². The lowest BCUT2D eigenvalue weighted by Crippen LogP contribution is -2.53. The van der Waals surface area contributed by atoms with Crippen LogP contribution in [0.15, 0.2) is 23.8 Å². The minimum Gasteiger partial charge on any atom is -0.299 e. The predicted molar refractivity (Wildman–Crippen MR) is 96.7 cm³/mol. The number of Topliss-reactive ketones (excluding diaryl/α,β-unsaturated/α-hetero) is 1. The summed E-state index contributed by atoms with van der Waals surface area (Å²) >= 11 is 0. The number of carbonyl (C=O) groups excluding carboxylic acids is 2. The summed E-state index contributed by atoms with van der Waals surface area (Å²) in [6.45, 7) is 4.18. The van der Waals surface area contributed by atoms with Crippen LogP contribution in [0.25, 0.3) is 0 Å². The minimum atomic E-state index is -3.65. The van der Waals surface area contributed by atoms with E-state index in [1.165, 1.54) is 0 Å². The van der Waals surface area contributed by atoms with Gasteiger partial charge in [-0.15, -0.1) is 0 Å². The van der Waals surface area contributed by atoms with E-state index in [1.807, 2.05) is 6.08 Å². The van der Waals surface area contributed by atoms with Gasteiger partial charge in [-0.05, 0) is 61.2 Å². The fourth-order valence-corrected chi connectivity index (χ4v) is 6.90. The van der Waals surface area contributed by atoms with E-state index in [0.717, 1.165) is 31.1 Å².